The van der Waals surface area contributed by atoms with Crippen LogP contribution in [0.25, 0.3) is 0 Å². The molecule has 0 saturated heterocycles. The fraction of sp³-hybridized carbons (Fsp3) is 0.500. The Balaban J connectivity index is 2.07. The minimum absolute atomic E-state index is 0.0433. The second kappa shape index (κ2) is 7.34. The molecule has 0 amide bonds. The van der Waals surface area contributed by atoms with E-state index in [0.717, 1.165) is 11.8 Å². The fourth-order valence-electron chi connectivity index (χ4n) is 6.02. The Morgan fingerprint density at radius 3 is 2.21 bits per heavy atom. The molecule has 0 aliphatic heterocycles. The predicted molar refractivity (Wildman–Crippen MR) is 124 cm³/mol. The molecule has 1 spiro atoms. The van der Waals surface area contributed by atoms with Crippen molar-refractivity contribution in [1.29, 1.82) is 0 Å². The van der Waals surface area contributed by atoms with Crippen LogP contribution in [-0.4, -0.2) is 40.5 Å². The molecule has 5 rings (SSSR count). The van der Waals surface area contributed by atoms with Gasteiger partial charge in [-0.1, -0.05) is 46.6 Å². The summed E-state index contributed by atoms with van der Waals surface area (Å²) in [7, 11) is -1.67. The molecule has 0 aromatic heterocycles. The number of halogens is 1. The van der Waals surface area contributed by atoms with E-state index < -0.39 is 32.2 Å². The van der Waals surface area contributed by atoms with Crippen LogP contribution in [0.3, 0.4) is 0 Å². The summed E-state index contributed by atoms with van der Waals surface area (Å²) in [5, 5.41) is 0. The highest BCUT2D eigenvalue weighted by Crippen LogP contribution is 2.76. The van der Waals surface area contributed by atoms with Crippen molar-refractivity contribution in [1.82, 2.24) is 0 Å². The van der Waals surface area contributed by atoms with Gasteiger partial charge in [0.2, 0.25) is 11.6 Å². The first-order valence-electron chi connectivity index (χ1n) is 10.6. The zero-order chi connectivity index (χ0) is 24.6. The Labute approximate surface area is 202 Å². The van der Waals surface area contributed by atoms with Crippen LogP contribution >= 0.6 is 15.9 Å². The Bertz CT molecular complexity index is 1210. The van der Waals surface area contributed by atoms with Gasteiger partial charge in [-0.15, -0.1) is 0 Å². The second-order valence-corrected chi connectivity index (χ2v) is 11.7. The van der Waals surface area contributed by atoms with Gasteiger partial charge in [-0.3, -0.25) is 4.79 Å². The van der Waals surface area contributed by atoms with Crippen molar-refractivity contribution >= 4 is 38.1 Å². The average molecular weight is 539 g/mol. The highest BCUT2D eigenvalue weighted by atomic mass is 79.9. The molecule has 2 bridgehead atoms. The van der Waals surface area contributed by atoms with E-state index >= 15 is 0 Å². The lowest BCUT2D eigenvalue weighted by Gasteiger charge is -2.65. The number of ether oxygens (including phenoxy) is 2. The molecule has 1 aromatic rings. The Morgan fingerprint density at radius 1 is 1.12 bits per heavy atom. The van der Waals surface area contributed by atoms with Gasteiger partial charge in [0.25, 0.3) is 0 Å². The number of aryl methyl sites for hydroxylation is 1. The lowest BCUT2D eigenvalue weighted by Crippen LogP contribution is -2.76. The number of Topliss-reactive ketones (excluding diaryl/α,β-unsaturated/α-hetero) is 1. The highest BCUT2D eigenvalue weighted by Gasteiger charge is 2.83. The van der Waals surface area contributed by atoms with E-state index in [0.29, 0.717) is 16.5 Å². The molecule has 0 radical (unpaired) electrons. The zero-order valence-electron chi connectivity index (χ0n) is 19.4. The third kappa shape index (κ3) is 2.54. The number of methoxy groups -OCH3 is 2. The summed E-state index contributed by atoms with van der Waals surface area (Å²) in [6.07, 6.45) is 3.17. The Kier molecular flexibility index (Phi) is 5.41. The van der Waals surface area contributed by atoms with Crippen molar-refractivity contribution in [3.05, 3.63) is 51.7 Å². The molecule has 0 heterocycles. The van der Waals surface area contributed by atoms with E-state index in [2.05, 4.69) is 15.9 Å². The summed E-state index contributed by atoms with van der Waals surface area (Å²) in [5.41, 5.74) is -2.81. The van der Waals surface area contributed by atoms with Crippen LogP contribution in [0.2, 0.25) is 0 Å². The molecule has 7 nitrogen and oxygen atoms in total. The number of hydrogen-bond acceptors (Lipinski definition) is 7. The summed E-state index contributed by atoms with van der Waals surface area (Å²) >= 11 is 3.55. The number of aldehydes is 1. The molecular weight excluding hydrogens is 512 g/mol. The van der Waals surface area contributed by atoms with E-state index in [1.807, 2.05) is 19.9 Å². The van der Waals surface area contributed by atoms with Crippen molar-refractivity contribution in [3.8, 4) is 0 Å². The van der Waals surface area contributed by atoms with Crippen LogP contribution < -0.4 is 0 Å². The number of hydrogen-bond donors (Lipinski definition) is 0. The van der Waals surface area contributed by atoms with Gasteiger partial charge in [-0.05, 0) is 50.8 Å². The number of rotatable bonds is 6. The quantitative estimate of drug-likeness (QED) is 0.233. The molecule has 178 valence electrons. The number of carbonyl (C=O) groups excluding carboxylic acids is 2. The topological polar surface area (TPSA) is 96.0 Å². The summed E-state index contributed by atoms with van der Waals surface area (Å²) in [4.78, 5) is 26.9. The van der Waals surface area contributed by atoms with Crippen molar-refractivity contribution in [2.75, 3.05) is 14.2 Å². The number of carbonyl (C=O) groups is 2. The molecule has 9 heteroatoms. The smallest absolute Gasteiger partial charge is 0.338 e. The maximum atomic E-state index is 14.1. The largest absolute Gasteiger partial charge is 0.382 e. The lowest BCUT2D eigenvalue weighted by molar-refractivity contribution is -0.287. The van der Waals surface area contributed by atoms with Gasteiger partial charge in [0.15, 0.2) is 0 Å². The summed E-state index contributed by atoms with van der Waals surface area (Å²) in [5.74, 6) is -2.69. The number of benzene rings is 1. The standard InChI is InChI=1S/C24H27BrO7S/c1-14-7-10-16(11-8-14)33(28,29)32-19-18(25)23-15(2)9-12-17(23)21(3,13-26)22(19,4)24(30-5,31-6)20(23)27/h7-8,10-13,15H,9H2,1-6H3/t15-,21?,22?,23?/m0/s1. The number of ketones is 1. The van der Waals surface area contributed by atoms with Gasteiger partial charge in [-0.25, -0.2) is 0 Å². The first-order valence-corrected chi connectivity index (χ1v) is 12.8. The van der Waals surface area contributed by atoms with Crippen LogP contribution in [0.15, 0.2) is 51.1 Å². The van der Waals surface area contributed by atoms with E-state index in [4.69, 9.17) is 13.7 Å². The van der Waals surface area contributed by atoms with Crippen LogP contribution in [0.5, 0.6) is 0 Å². The van der Waals surface area contributed by atoms with Gasteiger partial charge in [-0.2, -0.15) is 8.42 Å². The van der Waals surface area contributed by atoms with Crippen LogP contribution in [0.4, 0.5) is 0 Å². The summed E-state index contributed by atoms with van der Waals surface area (Å²) < 4.78 is 44.3. The second-order valence-electron chi connectivity index (χ2n) is 9.36. The summed E-state index contributed by atoms with van der Waals surface area (Å²) in [6, 6.07) is 6.24. The van der Waals surface area contributed by atoms with Crippen LogP contribution in [-0.2, 0) is 33.4 Å². The Morgan fingerprint density at radius 2 is 1.70 bits per heavy atom. The molecule has 4 aliphatic rings. The SMILES string of the molecule is COC1(OC)C(=O)C23C(=CC[C@@H]2C)C(C)(C=O)C1(C)C(OS(=O)(=O)c1ccc(C)cc1)=C3Br. The molecular formula is C24H27BrO7S. The predicted octanol–water partition coefficient (Wildman–Crippen LogP) is 4.06. The molecule has 1 aromatic carbocycles. The monoisotopic (exact) mass is 538 g/mol. The maximum absolute atomic E-state index is 14.1. The summed E-state index contributed by atoms with van der Waals surface area (Å²) in [6.45, 7) is 6.99. The normalized spacial score (nSPS) is 34.8. The van der Waals surface area contributed by atoms with E-state index in [1.54, 1.807) is 26.0 Å². The molecule has 3 unspecified atom stereocenters. The van der Waals surface area contributed by atoms with Crippen molar-refractivity contribution in [2.24, 2.45) is 22.2 Å². The zero-order valence-corrected chi connectivity index (χ0v) is 21.8. The number of allylic oxidation sites excluding steroid dienone is 3. The van der Waals surface area contributed by atoms with Crippen molar-refractivity contribution in [3.63, 3.8) is 0 Å². The first kappa shape index (κ1) is 24.3. The van der Waals surface area contributed by atoms with Crippen molar-refractivity contribution in [2.45, 2.75) is 44.8 Å². The molecule has 1 saturated carbocycles. The fourth-order valence-corrected chi connectivity index (χ4v) is 8.43. The van der Waals surface area contributed by atoms with Gasteiger partial charge in [0, 0.05) is 14.2 Å². The molecule has 1 fully saturated rings. The molecule has 4 atom stereocenters. The third-order valence-corrected chi connectivity index (χ3v) is 10.3. The minimum Gasteiger partial charge on any atom is -0.382 e. The van der Waals surface area contributed by atoms with Gasteiger partial charge in [0.05, 0.1) is 15.3 Å². The highest BCUT2D eigenvalue weighted by molar-refractivity contribution is 9.11. The van der Waals surface area contributed by atoms with E-state index in [-0.39, 0.29) is 22.4 Å². The van der Waals surface area contributed by atoms with Gasteiger partial charge in [0.1, 0.15) is 22.4 Å². The third-order valence-electron chi connectivity index (χ3n) is 8.07. The van der Waals surface area contributed by atoms with E-state index in [9.17, 15) is 18.0 Å². The number of fused-ring (bicyclic) bond motifs is 1. The molecule has 0 N–H and O–H groups in total. The van der Waals surface area contributed by atoms with Crippen molar-refractivity contribution < 1.29 is 31.7 Å². The van der Waals surface area contributed by atoms with E-state index in [1.165, 1.54) is 26.4 Å². The Hall–Kier alpha value is -1.81. The van der Waals surface area contributed by atoms with Crippen LogP contribution in [0.1, 0.15) is 32.8 Å². The van der Waals surface area contributed by atoms with Crippen LogP contribution in [0, 0.1) is 29.1 Å². The first-order chi connectivity index (χ1) is 15.3. The lowest BCUT2D eigenvalue weighted by atomic mass is 9.40. The minimum atomic E-state index is -4.31. The maximum Gasteiger partial charge on any atom is 0.338 e. The molecule has 4 aliphatic carbocycles. The van der Waals surface area contributed by atoms with Gasteiger partial charge < -0.3 is 18.5 Å². The van der Waals surface area contributed by atoms with Gasteiger partial charge >= 0.3 is 10.1 Å². The molecule has 33 heavy (non-hydrogen) atoms. The average Bonchev–Trinajstić information content (AvgIpc) is 3.14.